The first-order valence-corrected chi connectivity index (χ1v) is 8.31. The van der Waals surface area contributed by atoms with Gasteiger partial charge in [-0.25, -0.2) is 8.42 Å². The van der Waals surface area contributed by atoms with Gasteiger partial charge in [0.15, 0.2) is 9.84 Å². The van der Waals surface area contributed by atoms with Crippen molar-refractivity contribution in [2.75, 3.05) is 19.5 Å². The molecule has 2 unspecified atom stereocenters. The lowest BCUT2D eigenvalue weighted by atomic mass is 9.88. The van der Waals surface area contributed by atoms with Gasteiger partial charge in [-0.1, -0.05) is 24.3 Å². The summed E-state index contributed by atoms with van der Waals surface area (Å²) in [5.74, 6) is 0.154. The normalized spacial score (nSPS) is 23.1. The molecule has 5 heteroatoms. The molecule has 2 rings (SSSR count). The van der Waals surface area contributed by atoms with Gasteiger partial charge in [0.25, 0.3) is 0 Å². The summed E-state index contributed by atoms with van der Waals surface area (Å²) in [6.07, 6.45) is 1.94. The van der Waals surface area contributed by atoms with Gasteiger partial charge >= 0.3 is 0 Å². The van der Waals surface area contributed by atoms with Gasteiger partial charge in [-0.2, -0.15) is 0 Å². The molecule has 0 aliphatic heterocycles. The van der Waals surface area contributed by atoms with Crippen LogP contribution >= 0.6 is 0 Å². The maximum atomic E-state index is 12.3. The predicted octanol–water partition coefficient (Wildman–Crippen LogP) is 1.45. The number of methoxy groups -OCH3 is 1. The third-order valence-corrected chi connectivity index (χ3v) is 6.06. The summed E-state index contributed by atoms with van der Waals surface area (Å²) in [5.41, 5.74) is 8.33. The van der Waals surface area contributed by atoms with E-state index in [-0.39, 0.29) is 5.75 Å². The highest BCUT2D eigenvalue weighted by molar-refractivity contribution is 7.92. The standard InChI is InChI=1S/C14H21NO3S/c1-18-9-4-10-19(16,17)13-8-7-11-5-2-3-6-12(11)14(13)15/h2-3,5-6,13-14H,4,7-10,15H2,1H3. The molecule has 1 aliphatic rings. The van der Waals surface area contributed by atoms with Crippen molar-refractivity contribution < 1.29 is 13.2 Å². The van der Waals surface area contributed by atoms with E-state index in [0.717, 1.165) is 12.0 Å². The Morgan fingerprint density at radius 2 is 2.11 bits per heavy atom. The highest BCUT2D eigenvalue weighted by Crippen LogP contribution is 2.32. The fourth-order valence-electron chi connectivity index (χ4n) is 2.72. The van der Waals surface area contributed by atoms with Gasteiger partial charge in [-0.3, -0.25) is 0 Å². The molecule has 1 aliphatic carbocycles. The van der Waals surface area contributed by atoms with E-state index in [1.54, 1.807) is 7.11 Å². The monoisotopic (exact) mass is 283 g/mol. The Labute approximate surface area is 114 Å². The highest BCUT2D eigenvalue weighted by atomic mass is 32.2. The number of rotatable bonds is 5. The fourth-order valence-corrected chi connectivity index (χ4v) is 4.62. The second-order valence-electron chi connectivity index (χ2n) is 5.02. The maximum Gasteiger partial charge on any atom is 0.155 e. The highest BCUT2D eigenvalue weighted by Gasteiger charge is 2.35. The van der Waals surface area contributed by atoms with E-state index in [0.29, 0.717) is 19.4 Å². The summed E-state index contributed by atoms with van der Waals surface area (Å²) in [6, 6.07) is 7.45. The lowest BCUT2D eigenvalue weighted by molar-refractivity contribution is 0.199. The van der Waals surface area contributed by atoms with E-state index in [1.807, 2.05) is 24.3 Å². The molecule has 2 N–H and O–H groups in total. The van der Waals surface area contributed by atoms with Crippen LogP contribution in [0.4, 0.5) is 0 Å². The lowest BCUT2D eigenvalue weighted by Gasteiger charge is -2.30. The lowest BCUT2D eigenvalue weighted by Crippen LogP contribution is -2.39. The number of benzene rings is 1. The molecule has 0 bridgehead atoms. The molecular weight excluding hydrogens is 262 g/mol. The van der Waals surface area contributed by atoms with Gasteiger partial charge < -0.3 is 10.5 Å². The van der Waals surface area contributed by atoms with Gasteiger partial charge in [-0.15, -0.1) is 0 Å². The van der Waals surface area contributed by atoms with E-state index in [2.05, 4.69) is 0 Å². The van der Waals surface area contributed by atoms with E-state index in [4.69, 9.17) is 10.5 Å². The molecule has 4 nitrogen and oxygen atoms in total. The third-order valence-electron chi connectivity index (χ3n) is 3.75. The zero-order chi connectivity index (χ0) is 13.9. The number of hydrogen-bond donors (Lipinski definition) is 1. The van der Waals surface area contributed by atoms with Gasteiger partial charge in [0, 0.05) is 19.8 Å². The van der Waals surface area contributed by atoms with Gasteiger partial charge in [0.05, 0.1) is 11.0 Å². The minimum Gasteiger partial charge on any atom is -0.385 e. The quantitative estimate of drug-likeness (QED) is 0.830. The molecule has 0 aromatic heterocycles. The molecule has 0 amide bonds. The Morgan fingerprint density at radius 1 is 1.37 bits per heavy atom. The summed E-state index contributed by atoms with van der Waals surface area (Å²) in [6.45, 7) is 0.470. The summed E-state index contributed by atoms with van der Waals surface area (Å²) in [5, 5.41) is -0.459. The maximum absolute atomic E-state index is 12.3. The Kier molecular flexibility index (Phi) is 4.60. The van der Waals surface area contributed by atoms with E-state index < -0.39 is 21.1 Å². The SMILES string of the molecule is COCCCS(=O)(=O)C1CCc2ccccc2C1N. The van der Waals surface area contributed by atoms with Crippen LogP contribution in [0.25, 0.3) is 0 Å². The number of fused-ring (bicyclic) bond motifs is 1. The summed E-state index contributed by atoms with van der Waals surface area (Å²) < 4.78 is 29.6. The van der Waals surface area contributed by atoms with Crippen molar-refractivity contribution in [3.8, 4) is 0 Å². The van der Waals surface area contributed by atoms with Crippen LogP contribution in [0.15, 0.2) is 24.3 Å². The van der Waals surface area contributed by atoms with Crippen LogP contribution < -0.4 is 5.73 Å². The summed E-state index contributed by atoms with van der Waals surface area (Å²) >= 11 is 0. The molecule has 1 aromatic rings. The fraction of sp³-hybridized carbons (Fsp3) is 0.571. The van der Waals surface area contributed by atoms with Crippen molar-refractivity contribution in [3.63, 3.8) is 0 Å². The molecule has 1 aromatic carbocycles. The number of ether oxygens (including phenoxy) is 1. The Morgan fingerprint density at radius 3 is 2.84 bits per heavy atom. The molecular formula is C14H21NO3S. The largest absolute Gasteiger partial charge is 0.385 e. The van der Waals surface area contributed by atoms with Crippen molar-refractivity contribution in [1.29, 1.82) is 0 Å². The zero-order valence-electron chi connectivity index (χ0n) is 11.2. The smallest absolute Gasteiger partial charge is 0.155 e. The summed E-state index contributed by atoms with van der Waals surface area (Å²) in [4.78, 5) is 0. The Bertz CT molecular complexity index is 527. The average molecular weight is 283 g/mol. The number of aryl methyl sites for hydroxylation is 1. The Hall–Kier alpha value is -0.910. The van der Waals surface area contributed by atoms with Gasteiger partial charge in [-0.05, 0) is 30.4 Å². The average Bonchev–Trinajstić information content (AvgIpc) is 2.39. The first kappa shape index (κ1) is 14.5. The van der Waals surface area contributed by atoms with Crippen LogP contribution in [-0.4, -0.2) is 33.1 Å². The van der Waals surface area contributed by atoms with Crippen molar-refractivity contribution in [2.24, 2.45) is 5.73 Å². The number of sulfone groups is 1. The van der Waals surface area contributed by atoms with Gasteiger partial charge in [0.2, 0.25) is 0 Å². The first-order chi connectivity index (χ1) is 9.06. The predicted molar refractivity (Wildman–Crippen MR) is 75.8 cm³/mol. The van der Waals surface area contributed by atoms with Crippen LogP contribution in [0.1, 0.15) is 30.0 Å². The van der Waals surface area contributed by atoms with Crippen LogP contribution in [0.2, 0.25) is 0 Å². The molecule has 0 radical (unpaired) electrons. The van der Waals surface area contributed by atoms with Crippen LogP contribution in [0, 0.1) is 0 Å². The minimum absolute atomic E-state index is 0.154. The molecule has 0 heterocycles. The van der Waals surface area contributed by atoms with Crippen molar-refractivity contribution >= 4 is 9.84 Å². The third kappa shape index (κ3) is 3.16. The molecule has 0 fully saturated rings. The van der Waals surface area contributed by atoms with E-state index >= 15 is 0 Å². The second-order valence-corrected chi connectivity index (χ2v) is 7.35. The van der Waals surface area contributed by atoms with Crippen LogP contribution in [-0.2, 0) is 21.0 Å². The molecule has 0 spiro atoms. The first-order valence-electron chi connectivity index (χ1n) is 6.60. The second kappa shape index (κ2) is 6.03. The molecule has 106 valence electrons. The molecule has 0 saturated heterocycles. The summed E-state index contributed by atoms with van der Waals surface area (Å²) in [7, 11) is -1.57. The van der Waals surface area contributed by atoms with Crippen molar-refractivity contribution in [2.45, 2.75) is 30.6 Å². The topological polar surface area (TPSA) is 69.4 Å². The van der Waals surface area contributed by atoms with Crippen LogP contribution in [0.5, 0.6) is 0 Å². The van der Waals surface area contributed by atoms with E-state index in [9.17, 15) is 8.42 Å². The van der Waals surface area contributed by atoms with Crippen LogP contribution in [0.3, 0.4) is 0 Å². The Balaban J connectivity index is 2.15. The molecule has 2 atom stereocenters. The van der Waals surface area contributed by atoms with Gasteiger partial charge in [0.1, 0.15) is 0 Å². The van der Waals surface area contributed by atoms with E-state index in [1.165, 1.54) is 5.56 Å². The van der Waals surface area contributed by atoms with Crippen molar-refractivity contribution in [1.82, 2.24) is 0 Å². The molecule has 19 heavy (non-hydrogen) atoms. The molecule has 0 saturated carbocycles. The minimum atomic E-state index is -3.15. The zero-order valence-corrected chi connectivity index (χ0v) is 12.0. The number of nitrogens with two attached hydrogens (primary N) is 1. The van der Waals surface area contributed by atoms with Crippen molar-refractivity contribution in [3.05, 3.63) is 35.4 Å². The number of hydrogen-bond acceptors (Lipinski definition) is 4.